The van der Waals surface area contributed by atoms with Crippen molar-refractivity contribution >= 4 is 17.4 Å². The number of amides is 1. The molecule has 2 unspecified atom stereocenters. The minimum atomic E-state index is -0.445. The highest BCUT2D eigenvalue weighted by molar-refractivity contribution is 7.07. The average molecular weight is 324 g/mol. The van der Waals surface area contributed by atoms with Crippen LogP contribution in [-0.2, 0) is 11.2 Å². The van der Waals surface area contributed by atoms with Crippen LogP contribution in [0.1, 0.15) is 39.7 Å². The zero-order chi connectivity index (χ0) is 16.2. The predicted molar refractivity (Wildman–Crippen MR) is 91.4 cm³/mol. The Morgan fingerprint density at radius 2 is 2.23 bits per heavy atom. The van der Waals surface area contributed by atoms with Crippen LogP contribution in [0.5, 0.6) is 0 Å². The van der Waals surface area contributed by atoms with Crippen LogP contribution in [0.4, 0.5) is 4.79 Å². The first-order chi connectivity index (χ1) is 10.4. The Labute approximate surface area is 137 Å². The molecule has 1 aromatic rings. The fraction of sp³-hybridized carbons (Fsp3) is 0.706. The fourth-order valence-corrected chi connectivity index (χ4v) is 3.71. The number of thiophene rings is 1. The maximum atomic E-state index is 12.0. The van der Waals surface area contributed by atoms with Gasteiger partial charge in [-0.05, 0) is 68.5 Å². The summed E-state index contributed by atoms with van der Waals surface area (Å²) in [5.74, 6) is 0.586. The summed E-state index contributed by atoms with van der Waals surface area (Å²) in [7, 11) is 0. The number of hydrogen-bond acceptors (Lipinski definition) is 4. The standard InChI is InChI=1S/C17H28N2O2S/c1-5-19-10-14(8-13-6-7-22-12-13)9-15(11-19)18-16(20)21-17(2,3)4/h6-7,12,14-15H,5,8-11H2,1-4H3,(H,18,20). The number of carbonyl (C=O) groups is 1. The first kappa shape index (κ1) is 17.3. The minimum absolute atomic E-state index is 0.173. The van der Waals surface area contributed by atoms with Crippen LogP contribution in [-0.4, -0.2) is 42.3 Å². The van der Waals surface area contributed by atoms with E-state index in [1.165, 1.54) is 5.56 Å². The molecule has 1 amide bonds. The molecule has 0 aliphatic carbocycles. The van der Waals surface area contributed by atoms with Crippen molar-refractivity contribution in [3.63, 3.8) is 0 Å². The van der Waals surface area contributed by atoms with Gasteiger partial charge in [0, 0.05) is 19.1 Å². The number of alkyl carbamates (subject to hydrolysis) is 1. The number of nitrogens with zero attached hydrogens (tertiary/aromatic N) is 1. The molecule has 0 aromatic carbocycles. The summed E-state index contributed by atoms with van der Waals surface area (Å²) in [6.07, 6.45) is 1.81. The van der Waals surface area contributed by atoms with Crippen molar-refractivity contribution in [3.8, 4) is 0 Å². The highest BCUT2D eigenvalue weighted by Gasteiger charge is 2.29. The van der Waals surface area contributed by atoms with Gasteiger partial charge in [0.2, 0.25) is 0 Å². The number of piperidine rings is 1. The second kappa shape index (κ2) is 7.47. The highest BCUT2D eigenvalue weighted by atomic mass is 32.1. The van der Waals surface area contributed by atoms with E-state index in [1.807, 2.05) is 20.8 Å². The van der Waals surface area contributed by atoms with Gasteiger partial charge >= 0.3 is 6.09 Å². The van der Waals surface area contributed by atoms with Crippen molar-refractivity contribution in [1.29, 1.82) is 0 Å². The van der Waals surface area contributed by atoms with Crippen molar-refractivity contribution in [2.24, 2.45) is 5.92 Å². The summed E-state index contributed by atoms with van der Waals surface area (Å²) < 4.78 is 5.38. The van der Waals surface area contributed by atoms with Crippen molar-refractivity contribution in [2.45, 2.75) is 52.2 Å². The number of carbonyl (C=O) groups excluding carboxylic acids is 1. The van der Waals surface area contributed by atoms with Crippen molar-refractivity contribution < 1.29 is 9.53 Å². The fourth-order valence-electron chi connectivity index (χ4n) is 3.03. The zero-order valence-electron chi connectivity index (χ0n) is 14.1. The van der Waals surface area contributed by atoms with Gasteiger partial charge in [-0.1, -0.05) is 6.92 Å². The van der Waals surface area contributed by atoms with Gasteiger partial charge in [0.25, 0.3) is 0 Å². The summed E-state index contributed by atoms with van der Waals surface area (Å²) in [6.45, 7) is 10.9. The number of nitrogens with one attached hydrogen (secondary N) is 1. The minimum Gasteiger partial charge on any atom is -0.444 e. The molecule has 2 rings (SSSR count). The van der Waals surface area contributed by atoms with Gasteiger partial charge in [-0.25, -0.2) is 4.79 Å². The van der Waals surface area contributed by atoms with Gasteiger partial charge in [0.1, 0.15) is 5.60 Å². The van der Waals surface area contributed by atoms with Gasteiger partial charge in [-0.3, -0.25) is 0 Å². The number of ether oxygens (including phenoxy) is 1. The Balaban J connectivity index is 1.91. The van der Waals surface area contributed by atoms with Crippen molar-refractivity contribution in [1.82, 2.24) is 10.2 Å². The molecule has 1 aromatic heterocycles. The molecule has 1 fully saturated rings. The van der Waals surface area contributed by atoms with Crippen LogP contribution in [0.15, 0.2) is 16.8 Å². The average Bonchev–Trinajstić information content (AvgIpc) is 2.88. The molecule has 5 heteroatoms. The summed E-state index contributed by atoms with van der Waals surface area (Å²) in [4.78, 5) is 14.4. The highest BCUT2D eigenvalue weighted by Crippen LogP contribution is 2.22. The van der Waals surface area contributed by atoms with Crippen LogP contribution >= 0.6 is 11.3 Å². The van der Waals surface area contributed by atoms with E-state index in [0.717, 1.165) is 32.5 Å². The molecular weight excluding hydrogens is 296 g/mol. The lowest BCUT2D eigenvalue weighted by molar-refractivity contribution is 0.0451. The van der Waals surface area contributed by atoms with Crippen LogP contribution in [0.3, 0.4) is 0 Å². The van der Waals surface area contributed by atoms with Crippen LogP contribution < -0.4 is 5.32 Å². The van der Waals surface area contributed by atoms with E-state index >= 15 is 0 Å². The van der Waals surface area contributed by atoms with E-state index in [1.54, 1.807) is 11.3 Å². The Morgan fingerprint density at radius 1 is 1.45 bits per heavy atom. The second-order valence-corrected chi connectivity index (χ2v) is 7.91. The molecule has 0 spiro atoms. The third kappa shape index (κ3) is 5.61. The van der Waals surface area contributed by atoms with Crippen LogP contribution in [0.2, 0.25) is 0 Å². The molecule has 0 bridgehead atoms. The topological polar surface area (TPSA) is 41.6 Å². The first-order valence-electron chi connectivity index (χ1n) is 8.08. The summed E-state index contributed by atoms with van der Waals surface area (Å²) >= 11 is 1.75. The second-order valence-electron chi connectivity index (χ2n) is 7.13. The van der Waals surface area contributed by atoms with Crippen LogP contribution in [0.25, 0.3) is 0 Å². The maximum Gasteiger partial charge on any atom is 0.407 e. The summed E-state index contributed by atoms with van der Waals surface area (Å²) in [6, 6.07) is 2.37. The Morgan fingerprint density at radius 3 is 2.82 bits per heavy atom. The zero-order valence-corrected chi connectivity index (χ0v) is 14.9. The third-order valence-corrected chi connectivity index (χ3v) is 4.62. The Bertz CT molecular complexity index is 468. The van der Waals surface area contributed by atoms with Gasteiger partial charge in [0.05, 0.1) is 0 Å². The molecule has 1 aliphatic rings. The summed E-state index contributed by atoms with van der Waals surface area (Å²) in [5.41, 5.74) is 0.961. The Hall–Kier alpha value is -1.07. The normalized spacial score (nSPS) is 23.3. The van der Waals surface area contributed by atoms with E-state index in [4.69, 9.17) is 4.74 Å². The lowest BCUT2D eigenvalue weighted by atomic mass is 9.89. The maximum absolute atomic E-state index is 12.0. The third-order valence-electron chi connectivity index (χ3n) is 3.89. The number of hydrogen-bond donors (Lipinski definition) is 1. The van der Waals surface area contributed by atoms with Gasteiger partial charge in [0.15, 0.2) is 0 Å². The van der Waals surface area contributed by atoms with Gasteiger partial charge < -0.3 is 15.0 Å². The van der Waals surface area contributed by atoms with Crippen molar-refractivity contribution in [3.05, 3.63) is 22.4 Å². The molecule has 1 N–H and O–H groups in total. The molecule has 124 valence electrons. The monoisotopic (exact) mass is 324 g/mol. The molecule has 2 heterocycles. The van der Waals surface area contributed by atoms with E-state index < -0.39 is 5.60 Å². The molecular formula is C17H28N2O2S. The van der Waals surface area contributed by atoms with Gasteiger partial charge in [-0.15, -0.1) is 0 Å². The molecule has 4 nitrogen and oxygen atoms in total. The predicted octanol–water partition coefficient (Wildman–Crippen LogP) is 3.53. The SMILES string of the molecule is CCN1CC(Cc2ccsc2)CC(NC(=O)OC(C)(C)C)C1. The quantitative estimate of drug-likeness (QED) is 0.921. The number of likely N-dealkylation sites (tertiary alicyclic amines) is 1. The largest absolute Gasteiger partial charge is 0.444 e. The van der Waals surface area contributed by atoms with E-state index in [-0.39, 0.29) is 12.1 Å². The number of rotatable bonds is 4. The lowest BCUT2D eigenvalue weighted by Gasteiger charge is -2.37. The van der Waals surface area contributed by atoms with Crippen molar-refractivity contribution in [2.75, 3.05) is 19.6 Å². The van der Waals surface area contributed by atoms with Crippen LogP contribution in [0, 0.1) is 5.92 Å². The molecule has 1 aliphatic heterocycles. The smallest absolute Gasteiger partial charge is 0.407 e. The molecule has 0 radical (unpaired) electrons. The summed E-state index contributed by atoms with van der Waals surface area (Å²) in [5, 5.41) is 7.40. The molecule has 22 heavy (non-hydrogen) atoms. The number of likely N-dealkylation sites (N-methyl/N-ethyl adjacent to an activating group) is 1. The van der Waals surface area contributed by atoms with E-state index in [9.17, 15) is 4.79 Å². The molecule has 0 saturated carbocycles. The Kier molecular flexibility index (Phi) is 5.87. The van der Waals surface area contributed by atoms with E-state index in [0.29, 0.717) is 5.92 Å². The lowest BCUT2D eigenvalue weighted by Crippen LogP contribution is -2.51. The molecule has 1 saturated heterocycles. The van der Waals surface area contributed by atoms with E-state index in [2.05, 4.69) is 34.0 Å². The first-order valence-corrected chi connectivity index (χ1v) is 9.03. The van der Waals surface area contributed by atoms with Gasteiger partial charge in [-0.2, -0.15) is 11.3 Å². The molecule has 2 atom stereocenters.